The molecular weight excluding hydrogens is 959 g/mol. The van der Waals surface area contributed by atoms with Gasteiger partial charge < -0.3 is 61.3 Å². The van der Waals surface area contributed by atoms with Gasteiger partial charge in [0.1, 0.15) is 23.4 Å². The van der Waals surface area contributed by atoms with Crippen molar-refractivity contribution in [2.45, 2.75) is 143 Å². The Labute approximate surface area is 438 Å². The number of allylic oxidation sites excluding steroid dienone is 2. The van der Waals surface area contributed by atoms with E-state index in [4.69, 9.17) is 30.4 Å². The molecule has 5 rings (SSSR count). The lowest BCUT2D eigenvalue weighted by Gasteiger charge is -2.38. The van der Waals surface area contributed by atoms with Crippen molar-refractivity contribution in [3.05, 3.63) is 52.8 Å². The highest BCUT2D eigenvalue weighted by Gasteiger charge is 2.50. The summed E-state index contributed by atoms with van der Waals surface area (Å²) in [6.07, 6.45) is 3.46. The Balaban J connectivity index is -0.000000400. The zero-order valence-corrected chi connectivity index (χ0v) is 40.2. The first-order chi connectivity index (χ1) is 25.8. The molecule has 3 heterocycles. The van der Waals surface area contributed by atoms with Crippen molar-refractivity contribution in [2.24, 2.45) is 35.1 Å². The van der Waals surface area contributed by atoms with Crippen LogP contribution in [0.15, 0.2) is 36.1 Å². The van der Waals surface area contributed by atoms with Crippen LogP contribution in [0.4, 0.5) is 5.69 Å². The van der Waals surface area contributed by atoms with Gasteiger partial charge in [0.15, 0.2) is 5.75 Å². The standard InChI is InChI=1S/C40H55N3O12.7CH4.5H2S/c1-17-11-10-12-18(2)39(51)43-30-26(24(15-41)16-42)34(48)27-28(35(30)49)33(47)22(6)37-29(27)38(50)40(8,55-37)53-14-13-25(52-9)19(3)36(54-23(7)44)21(5)32(46)20(4)31(17)45;;;;;;;;;;;;/h10-14,17,19-21,24-25,31-32,36,45-49H,15-16,41-42H2,1-9H3,(H,43,51);7*1H4;5*1H2/b11-10+,14-13+,18-12-;;;;;;;;;;;;/t17-,19+,20+,21+,25-,31-,32+,36+,40-;;;;;;;;;;;;/m0............/s1. The summed E-state index contributed by atoms with van der Waals surface area (Å²) in [5.74, 6) is -9.29. The molecule has 0 saturated carbocycles. The maximum atomic E-state index is 14.3. The first kappa shape index (κ1) is 84.0. The Morgan fingerprint density at radius 1 is 0.806 bits per heavy atom. The predicted molar refractivity (Wildman–Crippen MR) is 304 cm³/mol. The number of methoxy groups -OCH3 is 1. The molecule has 398 valence electrons. The Kier molecular flexibility index (Phi) is 43.1. The number of ketones is 1. The molecule has 67 heavy (non-hydrogen) atoms. The number of carbonyl (C=O) groups excluding carboxylic acids is 3. The monoisotopic (exact) mass is 1050 g/mol. The van der Waals surface area contributed by atoms with Gasteiger partial charge in [0.05, 0.1) is 41.2 Å². The fourth-order valence-corrected chi connectivity index (χ4v) is 7.48. The number of carbonyl (C=O) groups is 3. The van der Waals surface area contributed by atoms with E-state index in [1.54, 1.807) is 39.8 Å². The van der Waals surface area contributed by atoms with Crippen LogP contribution in [0.2, 0.25) is 0 Å². The first-order valence-corrected chi connectivity index (χ1v) is 18.3. The molecular formula is C47H93N3O12S5. The van der Waals surface area contributed by atoms with Crippen LogP contribution in [-0.4, -0.2) is 93.6 Å². The van der Waals surface area contributed by atoms with E-state index in [1.165, 1.54) is 53.2 Å². The number of hydrogen-bond acceptors (Lipinski definition) is 14. The second kappa shape index (κ2) is 34.4. The summed E-state index contributed by atoms with van der Waals surface area (Å²) < 4.78 is 23.4. The van der Waals surface area contributed by atoms with E-state index in [9.17, 15) is 39.9 Å². The Morgan fingerprint density at radius 3 is 1.81 bits per heavy atom. The third kappa shape index (κ3) is 16.6. The number of nitrogens with one attached hydrogen (secondary N) is 1. The molecule has 3 aliphatic heterocycles. The van der Waals surface area contributed by atoms with E-state index >= 15 is 0 Å². The number of aliphatic hydroxyl groups excluding tert-OH is 2. The minimum absolute atomic E-state index is 0. The summed E-state index contributed by atoms with van der Waals surface area (Å²) in [6.45, 7) is 12.2. The van der Waals surface area contributed by atoms with Crippen LogP contribution in [0.5, 0.6) is 23.0 Å². The van der Waals surface area contributed by atoms with Crippen LogP contribution < -0.4 is 21.5 Å². The maximum absolute atomic E-state index is 14.3. The van der Waals surface area contributed by atoms with Gasteiger partial charge in [0.25, 0.3) is 11.7 Å². The predicted octanol–water partition coefficient (Wildman–Crippen LogP) is 8.77. The quantitative estimate of drug-likeness (QED) is 0.0792. The molecule has 9 atom stereocenters. The topological polar surface area (TPSA) is 253 Å². The zero-order valence-electron chi connectivity index (χ0n) is 35.2. The number of fused-ring (bicyclic) bond motifs is 14. The third-order valence-electron chi connectivity index (χ3n) is 11.0. The second-order valence-corrected chi connectivity index (χ2v) is 14.8. The molecule has 20 heteroatoms. The van der Waals surface area contributed by atoms with Crippen LogP contribution in [0, 0.1) is 30.6 Å². The molecule has 0 aromatic heterocycles. The van der Waals surface area contributed by atoms with Crippen molar-refractivity contribution in [1.29, 1.82) is 0 Å². The Morgan fingerprint density at radius 2 is 1.33 bits per heavy atom. The van der Waals surface area contributed by atoms with Gasteiger partial charge in [-0.3, -0.25) is 14.4 Å². The normalized spacial score (nSPS) is 25.8. The number of phenolic OH excluding ortho intramolecular Hbond substituents is 3. The number of hydrogen-bond donors (Lipinski definition) is 8. The second-order valence-electron chi connectivity index (χ2n) is 14.8. The number of aliphatic hydroxyl groups is 2. The van der Waals surface area contributed by atoms with E-state index in [0.717, 1.165) is 0 Å². The van der Waals surface area contributed by atoms with Gasteiger partial charge in [-0.2, -0.15) is 67.5 Å². The minimum atomic E-state index is -2.05. The number of ether oxygens (including phenoxy) is 4. The van der Waals surface area contributed by atoms with Crippen molar-refractivity contribution in [2.75, 3.05) is 25.5 Å². The van der Waals surface area contributed by atoms with Crippen LogP contribution in [0.25, 0.3) is 10.8 Å². The van der Waals surface area contributed by atoms with Crippen LogP contribution in [-0.2, 0) is 23.8 Å². The number of aromatic hydroxyl groups is 3. The molecule has 3 aliphatic rings. The molecule has 0 unspecified atom stereocenters. The summed E-state index contributed by atoms with van der Waals surface area (Å²) >= 11 is 0. The highest BCUT2D eigenvalue weighted by atomic mass is 32.1. The van der Waals surface area contributed by atoms with Crippen LogP contribution in [0.1, 0.15) is 128 Å². The van der Waals surface area contributed by atoms with Crippen molar-refractivity contribution in [3.8, 4) is 23.0 Å². The van der Waals surface area contributed by atoms with Gasteiger partial charge in [-0.15, -0.1) is 0 Å². The van der Waals surface area contributed by atoms with Gasteiger partial charge in [0, 0.05) is 85.7 Å². The van der Waals surface area contributed by atoms with E-state index in [-0.39, 0.29) is 177 Å². The SMILES string of the molecule is C.C.C.C.C.C.C.CO[C@H]1/C=C/O[C@@]2(C)Oc3c(C)c(O)c4c(O)c(c(C(CN)CN)c(O)c4c3C2=O)NC(=O)/C(C)=C\C=C\[C@H](C)[C@H](O)[C@@H](C)[C@@H](O)[C@@H](C)[C@H](OC(C)=O)[C@@H]1C.S.S.S.S.S. The van der Waals surface area contributed by atoms with Crippen molar-refractivity contribution >= 4 is 102 Å². The van der Waals surface area contributed by atoms with E-state index in [1.807, 2.05) is 0 Å². The number of esters is 1. The number of benzene rings is 2. The van der Waals surface area contributed by atoms with Gasteiger partial charge in [-0.25, -0.2) is 0 Å². The van der Waals surface area contributed by atoms with E-state index in [2.05, 4.69) is 5.32 Å². The summed E-state index contributed by atoms with van der Waals surface area (Å²) in [6, 6.07) is 0. The fourth-order valence-electron chi connectivity index (χ4n) is 7.48. The molecule has 0 radical (unpaired) electrons. The largest absolute Gasteiger partial charge is 0.507 e. The molecule has 0 aliphatic carbocycles. The molecule has 0 spiro atoms. The van der Waals surface area contributed by atoms with Gasteiger partial charge in [0.2, 0.25) is 0 Å². The summed E-state index contributed by atoms with van der Waals surface area (Å²) in [5, 5.41) is 60.0. The molecule has 1 amide bonds. The number of phenols is 3. The molecule has 5 bridgehead atoms. The highest BCUT2D eigenvalue weighted by Crippen LogP contribution is 2.56. The van der Waals surface area contributed by atoms with Crippen molar-refractivity contribution in [1.82, 2.24) is 0 Å². The number of Topliss-reactive ketones (excluding diaryl/α,β-unsaturated/α-hetero) is 1. The first-order valence-electron chi connectivity index (χ1n) is 18.3. The lowest BCUT2D eigenvalue weighted by atomic mass is 9.78. The summed E-state index contributed by atoms with van der Waals surface area (Å²) in [5.41, 5.74) is 11.8. The highest BCUT2D eigenvalue weighted by molar-refractivity contribution is 7.60. The molecule has 0 fully saturated rings. The fraction of sp³-hybridized carbons (Fsp3) is 0.596. The zero-order chi connectivity index (χ0) is 41.3. The van der Waals surface area contributed by atoms with Crippen LogP contribution >= 0.6 is 67.5 Å². The summed E-state index contributed by atoms with van der Waals surface area (Å²) in [4.78, 5) is 40.2. The smallest absolute Gasteiger partial charge is 0.312 e. The average Bonchev–Trinajstić information content (AvgIpc) is 3.41. The maximum Gasteiger partial charge on any atom is 0.312 e. The molecule has 0 saturated heterocycles. The Hall–Kier alpha value is -2.92. The van der Waals surface area contributed by atoms with Crippen molar-refractivity contribution in [3.63, 3.8) is 0 Å². The lowest BCUT2D eigenvalue weighted by molar-refractivity contribution is -0.160. The van der Waals surface area contributed by atoms with Crippen LogP contribution in [0.3, 0.4) is 0 Å². The van der Waals surface area contributed by atoms with E-state index < -0.39 is 94.7 Å². The number of anilines is 1. The summed E-state index contributed by atoms with van der Waals surface area (Å²) in [7, 11) is 1.43. The number of rotatable bonds is 5. The minimum Gasteiger partial charge on any atom is -0.507 e. The number of nitrogens with two attached hydrogens (primary N) is 2. The Bertz CT molecular complexity index is 1930. The average molecular weight is 1050 g/mol. The molecule has 15 nitrogen and oxygen atoms in total. The lowest BCUT2D eigenvalue weighted by Crippen LogP contribution is -2.46. The van der Waals surface area contributed by atoms with Gasteiger partial charge in [-0.1, -0.05) is 97.9 Å². The molecule has 10 N–H and O–H groups in total. The third-order valence-corrected chi connectivity index (χ3v) is 11.0. The van der Waals surface area contributed by atoms with Gasteiger partial charge in [-0.05, 0) is 19.9 Å². The molecule has 2 aromatic carbocycles. The number of amides is 1. The van der Waals surface area contributed by atoms with E-state index in [0.29, 0.717) is 0 Å². The van der Waals surface area contributed by atoms with Gasteiger partial charge >= 0.3 is 11.8 Å². The van der Waals surface area contributed by atoms with Crippen molar-refractivity contribution < 1.29 is 58.9 Å². The molecule has 2 aromatic rings.